The zero-order chi connectivity index (χ0) is 27.7. The molecule has 12 heteroatoms. The van der Waals surface area contributed by atoms with Crippen LogP contribution >= 0.6 is 0 Å². The molecule has 2 aromatic rings. The van der Waals surface area contributed by atoms with Gasteiger partial charge < -0.3 is 24.4 Å². The number of benzene rings is 1. The molecule has 1 saturated heterocycles. The van der Waals surface area contributed by atoms with E-state index in [9.17, 15) is 14.7 Å². The Labute approximate surface area is 224 Å². The number of likely N-dealkylation sites (N-methyl/N-ethyl adjacent to an activating group) is 1. The lowest BCUT2D eigenvalue weighted by molar-refractivity contribution is -0.134. The molecule has 1 unspecified atom stereocenters. The molecule has 206 valence electrons. The zero-order valence-corrected chi connectivity index (χ0v) is 22.6. The van der Waals surface area contributed by atoms with Crippen molar-refractivity contribution < 1.29 is 27.9 Å². The van der Waals surface area contributed by atoms with Crippen LogP contribution in [0.25, 0.3) is 0 Å². The van der Waals surface area contributed by atoms with Crippen LogP contribution in [-0.4, -0.2) is 93.0 Å². The van der Waals surface area contributed by atoms with E-state index in [0.717, 1.165) is 61.0 Å². The molecule has 1 amide bonds. The minimum absolute atomic E-state index is 0.112. The Morgan fingerprint density at radius 3 is 2.66 bits per heavy atom. The maximum Gasteiger partial charge on any atom is 0.308 e. The van der Waals surface area contributed by atoms with E-state index in [1.54, 1.807) is 18.1 Å². The van der Waals surface area contributed by atoms with Crippen LogP contribution in [0.5, 0.6) is 5.88 Å². The molecule has 2 atom stereocenters. The van der Waals surface area contributed by atoms with Gasteiger partial charge in [0.1, 0.15) is 6.29 Å². The van der Waals surface area contributed by atoms with Crippen LogP contribution in [0, 0.1) is 11.7 Å². The minimum Gasteiger partial charge on any atom is -0.467 e. The number of aryl methyl sites for hydroxylation is 1. The summed E-state index contributed by atoms with van der Waals surface area (Å²) in [6.45, 7) is 5.13. The van der Waals surface area contributed by atoms with Gasteiger partial charge in [0.15, 0.2) is 6.61 Å². The van der Waals surface area contributed by atoms with Crippen molar-refractivity contribution in [2.75, 3.05) is 51.3 Å². The molecule has 2 aliphatic heterocycles. The third-order valence-corrected chi connectivity index (χ3v) is 6.82. The summed E-state index contributed by atoms with van der Waals surface area (Å²) in [7, 11) is -0.806. The average molecular weight is 546 g/mol. The Morgan fingerprint density at radius 2 is 2.03 bits per heavy atom. The highest BCUT2D eigenvalue weighted by molar-refractivity contribution is 7.60. The molecule has 2 N–H and O–H groups in total. The van der Waals surface area contributed by atoms with Crippen molar-refractivity contribution in [3.8, 4) is 5.88 Å². The minimum atomic E-state index is -2.61. The van der Waals surface area contributed by atoms with Gasteiger partial charge in [-0.2, -0.15) is 13.2 Å². The number of aromatic nitrogens is 1. The number of aldehydes is 1. The lowest BCUT2D eigenvalue weighted by atomic mass is 10.0. The SMILES string of the molecule is Cc1cnc(OCC(=O)N(C)C(CN2CC[C@H](O)C2)c2ccccc2)c2c1N(CC=O)CCC2.N=S(=O)=O. The number of carbonyl (C=O) groups is 2. The van der Waals surface area contributed by atoms with Crippen LogP contribution in [-0.2, 0) is 26.5 Å². The van der Waals surface area contributed by atoms with Crippen LogP contribution < -0.4 is 9.64 Å². The van der Waals surface area contributed by atoms with E-state index in [1.807, 2.05) is 37.3 Å². The van der Waals surface area contributed by atoms with Gasteiger partial charge >= 0.3 is 10.5 Å². The number of anilines is 1. The van der Waals surface area contributed by atoms with Gasteiger partial charge in [0.2, 0.25) is 5.88 Å². The van der Waals surface area contributed by atoms with Crippen LogP contribution in [0.1, 0.15) is 35.6 Å². The number of ether oxygens (including phenoxy) is 1. The molecule has 38 heavy (non-hydrogen) atoms. The number of fused-ring (bicyclic) bond motifs is 1. The molecule has 0 bridgehead atoms. The Hall–Kier alpha value is -3.35. The van der Waals surface area contributed by atoms with E-state index >= 15 is 0 Å². The molecule has 1 fully saturated rings. The molecule has 0 radical (unpaired) electrons. The molecule has 1 aromatic heterocycles. The van der Waals surface area contributed by atoms with Gasteiger partial charge in [-0.1, -0.05) is 30.3 Å². The number of aliphatic hydroxyl groups excluding tert-OH is 1. The molecule has 3 heterocycles. The number of carbonyl (C=O) groups excluding carboxylic acids is 2. The second-order valence-electron chi connectivity index (χ2n) is 9.45. The third-order valence-electron chi connectivity index (χ3n) is 6.82. The largest absolute Gasteiger partial charge is 0.467 e. The maximum atomic E-state index is 13.2. The predicted octanol–water partition coefficient (Wildman–Crippen LogP) is 1.61. The summed E-state index contributed by atoms with van der Waals surface area (Å²) in [6.07, 6.45) is 4.83. The second-order valence-corrected chi connectivity index (χ2v) is 9.92. The quantitative estimate of drug-likeness (QED) is 0.449. The fourth-order valence-corrected chi connectivity index (χ4v) is 5.01. The first-order chi connectivity index (χ1) is 18.2. The van der Waals surface area contributed by atoms with E-state index in [1.165, 1.54) is 0 Å². The van der Waals surface area contributed by atoms with E-state index in [0.29, 0.717) is 25.5 Å². The summed E-state index contributed by atoms with van der Waals surface area (Å²) in [5.74, 6) is 0.335. The fourth-order valence-electron chi connectivity index (χ4n) is 5.01. The van der Waals surface area contributed by atoms with Crippen molar-refractivity contribution >= 4 is 28.4 Å². The standard InChI is InChI=1S/C26H34N4O4.HNO2S/c1-19-15-27-26(22-9-6-11-30(13-14-31)25(19)22)34-18-24(33)28(2)23(20-7-4-3-5-8-20)17-29-12-10-21(32)16-29;1-4(2)3/h3-5,7-8,14-15,21,23,32H,6,9-13,16-18H2,1-2H3;1H/t21-,23?;/m0./s1. The van der Waals surface area contributed by atoms with Crippen LogP contribution in [0.2, 0.25) is 0 Å². The molecule has 0 aliphatic carbocycles. The van der Waals surface area contributed by atoms with Crippen molar-refractivity contribution in [1.82, 2.24) is 14.8 Å². The van der Waals surface area contributed by atoms with E-state index in [2.05, 4.69) is 14.8 Å². The first-order valence-electron chi connectivity index (χ1n) is 12.5. The van der Waals surface area contributed by atoms with Gasteiger partial charge in [0.25, 0.3) is 5.91 Å². The van der Waals surface area contributed by atoms with Crippen molar-refractivity contribution in [2.45, 2.75) is 38.3 Å². The number of aliphatic hydroxyl groups is 1. The smallest absolute Gasteiger partial charge is 0.308 e. The van der Waals surface area contributed by atoms with Gasteiger partial charge in [0.05, 0.1) is 24.4 Å². The van der Waals surface area contributed by atoms with Gasteiger partial charge in [-0.3, -0.25) is 9.69 Å². The normalized spacial score (nSPS) is 17.6. The van der Waals surface area contributed by atoms with Gasteiger partial charge in [-0.15, -0.1) is 0 Å². The van der Waals surface area contributed by atoms with E-state index < -0.39 is 10.5 Å². The monoisotopic (exact) mass is 545 g/mol. The molecule has 0 spiro atoms. The molecule has 4 rings (SSSR count). The molecule has 2 aliphatic rings. The maximum absolute atomic E-state index is 13.2. The fraction of sp³-hybridized carbons (Fsp3) is 0.500. The predicted molar refractivity (Wildman–Crippen MR) is 142 cm³/mol. The number of rotatable bonds is 9. The molecule has 0 saturated carbocycles. The number of hydrogen-bond acceptors (Lipinski definition) is 10. The molecular weight excluding hydrogens is 510 g/mol. The summed E-state index contributed by atoms with van der Waals surface area (Å²) in [4.78, 5) is 34.8. The van der Waals surface area contributed by atoms with Gasteiger partial charge in [0, 0.05) is 45.0 Å². The van der Waals surface area contributed by atoms with E-state index in [4.69, 9.17) is 17.9 Å². The van der Waals surface area contributed by atoms with Gasteiger partial charge in [-0.25, -0.2) is 4.98 Å². The molecular formula is C26H35N5O6S. The Morgan fingerprint density at radius 1 is 1.32 bits per heavy atom. The lowest BCUT2D eigenvalue weighted by Crippen LogP contribution is -2.41. The summed E-state index contributed by atoms with van der Waals surface area (Å²) in [5.41, 5.74) is 4.02. The lowest BCUT2D eigenvalue weighted by Gasteiger charge is -2.33. The topological polar surface area (TPSA) is 144 Å². The zero-order valence-electron chi connectivity index (χ0n) is 21.7. The van der Waals surface area contributed by atoms with Crippen LogP contribution in [0.3, 0.4) is 0 Å². The number of amides is 1. The number of pyridine rings is 1. The molecule has 1 aromatic carbocycles. The van der Waals surface area contributed by atoms with Crippen molar-refractivity contribution in [3.05, 3.63) is 53.2 Å². The van der Waals surface area contributed by atoms with Crippen LogP contribution in [0.15, 0.2) is 36.5 Å². The summed E-state index contributed by atoms with van der Waals surface area (Å²) < 4.78 is 28.8. The summed E-state index contributed by atoms with van der Waals surface area (Å²) in [5, 5.41) is 9.94. The highest BCUT2D eigenvalue weighted by atomic mass is 32.2. The van der Waals surface area contributed by atoms with Crippen molar-refractivity contribution in [2.24, 2.45) is 0 Å². The van der Waals surface area contributed by atoms with E-state index in [-0.39, 0.29) is 24.7 Å². The van der Waals surface area contributed by atoms with Crippen molar-refractivity contribution in [1.29, 1.82) is 4.78 Å². The second kappa shape index (κ2) is 14.0. The first-order valence-corrected chi connectivity index (χ1v) is 13.6. The Kier molecular flexibility index (Phi) is 10.7. The Bertz CT molecular complexity index is 1200. The average Bonchev–Trinajstić information content (AvgIpc) is 3.31. The highest BCUT2D eigenvalue weighted by Crippen LogP contribution is 2.35. The van der Waals surface area contributed by atoms with Crippen molar-refractivity contribution in [3.63, 3.8) is 0 Å². The Balaban J connectivity index is 0.000000934. The number of nitrogens with one attached hydrogen (secondary N) is 1. The number of hydrogen-bond donors (Lipinski definition) is 2. The number of nitrogens with zero attached hydrogens (tertiary/aromatic N) is 4. The third kappa shape index (κ3) is 7.83. The number of likely N-dealkylation sites (tertiary alicyclic amines) is 1. The molecule has 11 nitrogen and oxygen atoms in total. The van der Waals surface area contributed by atoms with Crippen LogP contribution in [0.4, 0.5) is 5.69 Å². The first kappa shape index (κ1) is 29.2. The van der Waals surface area contributed by atoms with Gasteiger partial charge in [-0.05, 0) is 37.3 Å². The summed E-state index contributed by atoms with van der Waals surface area (Å²) >= 11 is 0. The number of β-amino-alcohol motifs (C(OH)–C–C–N with tert-alkyl or cyclic N) is 1. The summed E-state index contributed by atoms with van der Waals surface area (Å²) in [6, 6.07) is 9.83. The highest BCUT2D eigenvalue weighted by Gasteiger charge is 2.29.